The molecule has 0 aliphatic rings. The summed E-state index contributed by atoms with van der Waals surface area (Å²) in [5.41, 5.74) is 1.17. The van der Waals surface area contributed by atoms with Gasteiger partial charge in [0.25, 0.3) is 0 Å². The van der Waals surface area contributed by atoms with Crippen LogP contribution in [0.25, 0.3) is 0 Å². The number of furan rings is 1. The van der Waals surface area contributed by atoms with Crippen LogP contribution in [0.1, 0.15) is 43.5 Å². The van der Waals surface area contributed by atoms with Crippen LogP contribution in [0.3, 0.4) is 0 Å². The van der Waals surface area contributed by atoms with Crippen molar-refractivity contribution in [1.29, 1.82) is 0 Å². The Labute approximate surface area is 108 Å². The maximum atomic E-state index is 5.41. The SMILES string of the molecule is CCCn1ccnc1C(NCC)c1ccoc1C. The van der Waals surface area contributed by atoms with Gasteiger partial charge in [-0.2, -0.15) is 0 Å². The molecule has 2 aromatic rings. The average molecular weight is 247 g/mol. The van der Waals surface area contributed by atoms with Crippen LogP contribution in [-0.4, -0.2) is 16.1 Å². The fourth-order valence-corrected chi connectivity index (χ4v) is 2.25. The van der Waals surface area contributed by atoms with Crippen LogP contribution in [0.4, 0.5) is 0 Å². The van der Waals surface area contributed by atoms with E-state index >= 15 is 0 Å². The molecule has 4 nitrogen and oxygen atoms in total. The van der Waals surface area contributed by atoms with Gasteiger partial charge in [-0.05, 0) is 26.0 Å². The number of imidazole rings is 1. The van der Waals surface area contributed by atoms with Gasteiger partial charge in [-0.3, -0.25) is 0 Å². The molecule has 0 saturated heterocycles. The van der Waals surface area contributed by atoms with Crippen LogP contribution in [0, 0.1) is 6.92 Å². The summed E-state index contributed by atoms with van der Waals surface area (Å²) in [6, 6.07) is 2.13. The van der Waals surface area contributed by atoms with Crippen molar-refractivity contribution in [3.8, 4) is 0 Å². The number of aryl methyl sites for hydroxylation is 2. The van der Waals surface area contributed by atoms with Gasteiger partial charge in [0.15, 0.2) is 0 Å². The maximum Gasteiger partial charge on any atom is 0.130 e. The third kappa shape index (κ3) is 2.48. The van der Waals surface area contributed by atoms with Crippen LogP contribution in [0.15, 0.2) is 29.1 Å². The lowest BCUT2D eigenvalue weighted by atomic mass is 10.1. The summed E-state index contributed by atoms with van der Waals surface area (Å²) >= 11 is 0. The molecule has 0 bridgehead atoms. The highest BCUT2D eigenvalue weighted by molar-refractivity contribution is 5.26. The van der Waals surface area contributed by atoms with Gasteiger partial charge in [-0.15, -0.1) is 0 Å². The van der Waals surface area contributed by atoms with Crippen molar-refractivity contribution in [2.24, 2.45) is 0 Å². The molecule has 0 aliphatic carbocycles. The summed E-state index contributed by atoms with van der Waals surface area (Å²) in [6.45, 7) is 8.17. The van der Waals surface area contributed by atoms with E-state index in [1.165, 1.54) is 5.56 Å². The molecular formula is C14H21N3O. The first-order valence-corrected chi connectivity index (χ1v) is 6.56. The predicted octanol–water partition coefficient (Wildman–Crippen LogP) is 2.89. The zero-order valence-corrected chi connectivity index (χ0v) is 11.3. The highest BCUT2D eigenvalue weighted by atomic mass is 16.3. The standard InChI is InChI=1S/C14H21N3O/c1-4-8-17-9-7-16-14(17)13(15-5-2)12-6-10-18-11(12)3/h6-7,9-10,13,15H,4-5,8H2,1-3H3. The van der Waals surface area contributed by atoms with E-state index in [1.54, 1.807) is 6.26 Å². The topological polar surface area (TPSA) is 43.0 Å². The van der Waals surface area contributed by atoms with Gasteiger partial charge in [0, 0.05) is 24.5 Å². The van der Waals surface area contributed by atoms with Crippen LogP contribution in [-0.2, 0) is 6.54 Å². The van der Waals surface area contributed by atoms with Crippen molar-refractivity contribution in [2.45, 2.75) is 39.8 Å². The molecule has 18 heavy (non-hydrogen) atoms. The largest absolute Gasteiger partial charge is 0.469 e. The average Bonchev–Trinajstić information content (AvgIpc) is 2.96. The summed E-state index contributed by atoms with van der Waals surface area (Å²) in [5, 5.41) is 3.48. The van der Waals surface area contributed by atoms with Crippen LogP contribution >= 0.6 is 0 Å². The normalized spacial score (nSPS) is 12.8. The third-order valence-corrected chi connectivity index (χ3v) is 3.09. The van der Waals surface area contributed by atoms with Gasteiger partial charge < -0.3 is 14.3 Å². The van der Waals surface area contributed by atoms with Crippen LogP contribution < -0.4 is 5.32 Å². The van der Waals surface area contributed by atoms with Crippen LogP contribution in [0.5, 0.6) is 0 Å². The molecule has 1 N–H and O–H groups in total. The van der Waals surface area contributed by atoms with Crippen molar-refractivity contribution in [2.75, 3.05) is 6.54 Å². The molecule has 2 aromatic heterocycles. The van der Waals surface area contributed by atoms with Gasteiger partial charge in [-0.25, -0.2) is 4.98 Å². The molecule has 0 saturated carbocycles. The first-order chi connectivity index (χ1) is 8.77. The second-order valence-electron chi connectivity index (χ2n) is 4.40. The maximum absolute atomic E-state index is 5.41. The Morgan fingerprint density at radius 2 is 2.28 bits per heavy atom. The van der Waals surface area contributed by atoms with E-state index in [4.69, 9.17) is 4.42 Å². The Morgan fingerprint density at radius 3 is 2.89 bits per heavy atom. The minimum atomic E-state index is 0.107. The molecule has 0 fully saturated rings. The van der Waals surface area contributed by atoms with E-state index in [0.29, 0.717) is 0 Å². The quantitative estimate of drug-likeness (QED) is 0.853. The van der Waals surface area contributed by atoms with Gasteiger partial charge in [0.2, 0.25) is 0 Å². The number of nitrogens with one attached hydrogen (secondary N) is 1. The Balaban J connectivity index is 2.35. The number of rotatable bonds is 6. The molecule has 1 atom stereocenters. The summed E-state index contributed by atoms with van der Waals surface area (Å²) in [6.07, 6.45) is 6.75. The Morgan fingerprint density at radius 1 is 1.44 bits per heavy atom. The Hall–Kier alpha value is -1.55. The summed E-state index contributed by atoms with van der Waals surface area (Å²) in [4.78, 5) is 4.51. The monoisotopic (exact) mass is 247 g/mol. The predicted molar refractivity (Wildman–Crippen MR) is 71.5 cm³/mol. The number of nitrogens with zero attached hydrogens (tertiary/aromatic N) is 2. The highest BCUT2D eigenvalue weighted by Crippen LogP contribution is 2.24. The van der Waals surface area contributed by atoms with E-state index in [9.17, 15) is 0 Å². The lowest BCUT2D eigenvalue weighted by molar-refractivity contribution is 0.505. The molecule has 0 radical (unpaired) electrons. The first-order valence-electron chi connectivity index (χ1n) is 6.56. The van der Waals surface area contributed by atoms with Crippen molar-refractivity contribution >= 4 is 0 Å². The van der Waals surface area contributed by atoms with E-state index in [1.807, 2.05) is 25.4 Å². The molecule has 1 unspecified atom stereocenters. The number of hydrogen-bond acceptors (Lipinski definition) is 3. The molecule has 2 rings (SSSR count). The first kappa shape index (κ1) is 12.9. The molecule has 0 spiro atoms. The molecular weight excluding hydrogens is 226 g/mol. The van der Waals surface area contributed by atoms with Crippen molar-refractivity contribution in [3.05, 3.63) is 41.9 Å². The van der Waals surface area contributed by atoms with Crippen molar-refractivity contribution < 1.29 is 4.42 Å². The fourth-order valence-electron chi connectivity index (χ4n) is 2.25. The fraction of sp³-hybridized carbons (Fsp3) is 0.500. The Bertz CT molecular complexity index is 487. The summed E-state index contributed by atoms with van der Waals surface area (Å²) in [7, 11) is 0. The van der Waals surface area contributed by atoms with Crippen molar-refractivity contribution in [3.63, 3.8) is 0 Å². The van der Waals surface area contributed by atoms with Crippen LogP contribution in [0.2, 0.25) is 0 Å². The minimum absolute atomic E-state index is 0.107. The van der Waals surface area contributed by atoms with Gasteiger partial charge in [0.1, 0.15) is 11.6 Å². The minimum Gasteiger partial charge on any atom is -0.469 e. The lowest BCUT2D eigenvalue weighted by Gasteiger charge is -2.18. The summed E-state index contributed by atoms with van der Waals surface area (Å²) in [5.74, 6) is 2.01. The third-order valence-electron chi connectivity index (χ3n) is 3.09. The molecule has 4 heteroatoms. The lowest BCUT2D eigenvalue weighted by Crippen LogP contribution is -2.25. The summed E-state index contributed by atoms with van der Waals surface area (Å²) < 4.78 is 7.62. The molecule has 0 aromatic carbocycles. The van der Waals surface area contributed by atoms with Gasteiger partial charge in [0.05, 0.1) is 12.3 Å². The molecule has 98 valence electrons. The molecule has 2 heterocycles. The second kappa shape index (κ2) is 5.87. The Kier molecular flexibility index (Phi) is 4.20. The number of hydrogen-bond donors (Lipinski definition) is 1. The van der Waals surface area contributed by atoms with E-state index < -0.39 is 0 Å². The van der Waals surface area contributed by atoms with Gasteiger partial charge in [-0.1, -0.05) is 13.8 Å². The zero-order valence-electron chi connectivity index (χ0n) is 11.3. The zero-order chi connectivity index (χ0) is 13.0. The van der Waals surface area contributed by atoms with E-state index in [2.05, 4.69) is 28.7 Å². The molecule has 0 aliphatic heterocycles. The second-order valence-corrected chi connectivity index (χ2v) is 4.40. The smallest absolute Gasteiger partial charge is 0.130 e. The van der Waals surface area contributed by atoms with E-state index in [0.717, 1.165) is 31.1 Å². The highest BCUT2D eigenvalue weighted by Gasteiger charge is 2.21. The number of aromatic nitrogens is 2. The molecule has 0 amide bonds. The van der Waals surface area contributed by atoms with Gasteiger partial charge >= 0.3 is 0 Å². The van der Waals surface area contributed by atoms with E-state index in [-0.39, 0.29) is 6.04 Å². The van der Waals surface area contributed by atoms with Crippen molar-refractivity contribution in [1.82, 2.24) is 14.9 Å².